The summed E-state index contributed by atoms with van der Waals surface area (Å²) in [4.78, 5) is 0. The highest BCUT2D eigenvalue weighted by molar-refractivity contribution is 6.50. The molecule has 0 unspecified atom stereocenters. The molecule has 0 atom stereocenters. The topological polar surface area (TPSA) is 18.5 Å². The SMILES string of the molecule is CCCCC=CB(OC(C)C)OC(C)C. The molecule has 0 bridgehead atoms. The first-order valence-electron chi connectivity index (χ1n) is 6.03. The van der Waals surface area contributed by atoms with Crippen molar-refractivity contribution in [2.24, 2.45) is 0 Å². The Morgan fingerprint density at radius 3 is 2.00 bits per heavy atom. The van der Waals surface area contributed by atoms with Gasteiger partial charge >= 0.3 is 7.12 Å². The van der Waals surface area contributed by atoms with Crippen molar-refractivity contribution in [3.05, 3.63) is 12.1 Å². The summed E-state index contributed by atoms with van der Waals surface area (Å²) < 4.78 is 11.3. The lowest BCUT2D eigenvalue weighted by Gasteiger charge is -2.16. The first-order valence-corrected chi connectivity index (χ1v) is 6.03. The van der Waals surface area contributed by atoms with Gasteiger partial charge in [-0.1, -0.05) is 31.8 Å². The quantitative estimate of drug-likeness (QED) is 0.452. The van der Waals surface area contributed by atoms with Gasteiger partial charge in [0.25, 0.3) is 0 Å². The second-order valence-corrected chi connectivity index (χ2v) is 4.31. The molecule has 0 fully saturated rings. The Morgan fingerprint density at radius 2 is 1.60 bits per heavy atom. The number of unbranched alkanes of at least 4 members (excludes halogenated alkanes) is 2. The molecule has 0 radical (unpaired) electrons. The first kappa shape index (κ1) is 14.7. The van der Waals surface area contributed by atoms with E-state index in [9.17, 15) is 0 Å². The molecule has 2 nitrogen and oxygen atoms in total. The first-order chi connectivity index (χ1) is 7.06. The maximum Gasteiger partial charge on any atom is 0.486 e. The molecule has 0 aromatic heterocycles. The molecule has 0 saturated heterocycles. The summed E-state index contributed by atoms with van der Waals surface area (Å²) in [5.74, 6) is 2.02. The molecule has 0 aromatic carbocycles. The van der Waals surface area contributed by atoms with Gasteiger partial charge in [0.1, 0.15) is 0 Å². The van der Waals surface area contributed by atoms with Crippen molar-refractivity contribution >= 4 is 7.12 Å². The summed E-state index contributed by atoms with van der Waals surface area (Å²) in [6.45, 7) is 10.3. The van der Waals surface area contributed by atoms with Crippen molar-refractivity contribution < 1.29 is 9.31 Å². The third kappa shape index (κ3) is 10.0. The minimum absolute atomic E-state index is 0.193. The molecular formula is C12H25BO2. The molecule has 0 aliphatic rings. The van der Waals surface area contributed by atoms with Gasteiger partial charge in [0.2, 0.25) is 0 Å². The zero-order valence-electron chi connectivity index (χ0n) is 10.8. The van der Waals surface area contributed by atoms with E-state index in [-0.39, 0.29) is 19.3 Å². The van der Waals surface area contributed by atoms with E-state index in [1.54, 1.807) is 0 Å². The number of allylic oxidation sites excluding steroid dienone is 1. The standard InChI is InChI=1S/C12H25BO2/c1-6-7-8-9-10-13(14-11(2)3)15-12(4)5/h9-12H,6-8H2,1-5H3. The van der Waals surface area contributed by atoms with Gasteiger partial charge < -0.3 is 9.31 Å². The van der Waals surface area contributed by atoms with Gasteiger partial charge in [-0.3, -0.25) is 0 Å². The van der Waals surface area contributed by atoms with Crippen molar-refractivity contribution in [3.8, 4) is 0 Å². The lowest BCUT2D eigenvalue weighted by molar-refractivity contribution is 0.138. The lowest BCUT2D eigenvalue weighted by Crippen LogP contribution is -2.27. The molecule has 0 amide bonds. The van der Waals surface area contributed by atoms with E-state index in [0.717, 1.165) is 6.42 Å². The summed E-state index contributed by atoms with van der Waals surface area (Å²) >= 11 is 0. The highest BCUT2D eigenvalue weighted by Crippen LogP contribution is 2.03. The Bertz CT molecular complexity index is 157. The largest absolute Gasteiger partial charge is 0.486 e. The molecule has 0 spiro atoms. The van der Waals surface area contributed by atoms with E-state index in [1.807, 2.05) is 33.7 Å². The Balaban J connectivity index is 3.93. The Morgan fingerprint density at radius 1 is 1.07 bits per heavy atom. The Hall–Kier alpha value is -0.275. The highest BCUT2D eigenvalue weighted by atomic mass is 16.6. The minimum Gasteiger partial charge on any atom is -0.405 e. The summed E-state index contributed by atoms with van der Waals surface area (Å²) in [6, 6.07) is 0. The maximum atomic E-state index is 5.63. The van der Waals surface area contributed by atoms with Gasteiger partial charge in [-0.15, -0.1) is 0 Å². The molecule has 0 aliphatic carbocycles. The third-order valence-electron chi connectivity index (χ3n) is 1.83. The van der Waals surface area contributed by atoms with E-state index in [1.165, 1.54) is 12.8 Å². The fourth-order valence-corrected chi connectivity index (χ4v) is 1.19. The zero-order chi connectivity index (χ0) is 11.7. The fraction of sp³-hybridized carbons (Fsp3) is 0.833. The predicted molar refractivity (Wildman–Crippen MR) is 66.9 cm³/mol. The highest BCUT2D eigenvalue weighted by Gasteiger charge is 2.17. The molecule has 0 aliphatic heterocycles. The molecule has 0 heterocycles. The normalized spacial score (nSPS) is 11.9. The van der Waals surface area contributed by atoms with Gasteiger partial charge in [0.05, 0.1) is 0 Å². The van der Waals surface area contributed by atoms with Crippen LogP contribution >= 0.6 is 0 Å². The molecule has 0 N–H and O–H groups in total. The molecule has 0 rings (SSSR count). The van der Waals surface area contributed by atoms with Gasteiger partial charge in [-0.2, -0.15) is 0 Å². The van der Waals surface area contributed by atoms with Gasteiger partial charge in [0.15, 0.2) is 0 Å². The van der Waals surface area contributed by atoms with Crippen LogP contribution in [0.1, 0.15) is 53.9 Å². The lowest BCUT2D eigenvalue weighted by atomic mass is 9.88. The summed E-state index contributed by atoms with van der Waals surface area (Å²) in [5.41, 5.74) is 0. The Kier molecular flexibility index (Phi) is 8.82. The van der Waals surface area contributed by atoms with E-state index in [0.29, 0.717) is 0 Å². The third-order valence-corrected chi connectivity index (χ3v) is 1.83. The van der Waals surface area contributed by atoms with Crippen molar-refractivity contribution in [3.63, 3.8) is 0 Å². The molecule has 0 aromatic rings. The van der Waals surface area contributed by atoms with Gasteiger partial charge in [-0.05, 0) is 34.1 Å². The average Bonchev–Trinajstić information content (AvgIpc) is 2.10. The summed E-state index contributed by atoms with van der Waals surface area (Å²) in [5, 5.41) is 0. The van der Waals surface area contributed by atoms with Crippen LogP contribution in [0.3, 0.4) is 0 Å². The zero-order valence-corrected chi connectivity index (χ0v) is 10.8. The van der Waals surface area contributed by atoms with Crippen molar-refractivity contribution in [1.82, 2.24) is 0 Å². The number of rotatable bonds is 8. The molecule has 15 heavy (non-hydrogen) atoms. The second kappa shape index (κ2) is 8.99. The van der Waals surface area contributed by atoms with Crippen LogP contribution in [0.4, 0.5) is 0 Å². The van der Waals surface area contributed by atoms with E-state index in [2.05, 4.69) is 13.0 Å². The van der Waals surface area contributed by atoms with Crippen LogP contribution < -0.4 is 0 Å². The molecule has 0 saturated carbocycles. The second-order valence-electron chi connectivity index (χ2n) is 4.31. The molecule has 3 heteroatoms. The molecular weight excluding hydrogens is 187 g/mol. The number of hydrogen-bond donors (Lipinski definition) is 0. The fourth-order valence-electron chi connectivity index (χ4n) is 1.19. The summed E-state index contributed by atoms with van der Waals surface area (Å²) in [7, 11) is -0.193. The van der Waals surface area contributed by atoms with Crippen LogP contribution in [0.2, 0.25) is 0 Å². The average molecular weight is 212 g/mol. The van der Waals surface area contributed by atoms with Crippen molar-refractivity contribution in [1.29, 1.82) is 0 Å². The monoisotopic (exact) mass is 212 g/mol. The van der Waals surface area contributed by atoms with Crippen LogP contribution in [-0.2, 0) is 9.31 Å². The maximum absolute atomic E-state index is 5.63. The van der Waals surface area contributed by atoms with Crippen LogP contribution in [0, 0.1) is 0 Å². The smallest absolute Gasteiger partial charge is 0.405 e. The van der Waals surface area contributed by atoms with Crippen molar-refractivity contribution in [2.45, 2.75) is 66.1 Å². The van der Waals surface area contributed by atoms with Crippen LogP contribution in [0.5, 0.6) is 0 Å². The minimum atomic E-state index is -0.193. The van der Waals surface area contributed by atoms with Gasteiger partial charge in [-0.25, -0.2) is 0 Å². The van der Waals surface area contributed by atoms with E-state index < -0.39 is 0 Å². The van der Waals surface area contributed by atoms with Crippen LogP contribution in [-0.4, -0.2) is 19.3 Å². The molecule has 88 valence electrons. The number of hydrogen-bond acceptors (Lipinski definition) is 2. The van der Waals surface area contributed by atoms with Gasteiger partial charge in [0, 0.05) is 12.2 Å². The summed E-state index contributed by atoms with van der Waals surface area (Å²) in [6.07, 6.45) is 6.11. The predicted octanol–water partition coefficient (Wildman–Crippen LogP) is 3.61. The van der Waals surface area contributed by atoms with Crippen LogP contribution in [0.25, 0.3) is 0 Å². The van der Waals surface area contributed by atoms with Crippen molar-refractivity contribution in [2.75, 3.05) is 0 Å². The Labute approximate surface area is 95.2 Å². The van der Waals surface area contributed by atoms with E-state index in [4.69, 9.17) is 9.31 Å². The van der Waals surface area contributed by atoms with E-state index >= 15 is 0 Å². The van der Waals surface area contributed by atoms with Crippen LogP contribution in [0.15, 0.2) is 12.1 Å².